The van der Waals surface area contributed by atoms with Gasteiger partial charge in [0, 0.05) is 23.2 Å². The van der Waals surface area contributed by atoms with Gasteiger partial charge in [-0.15, -0.1) is 0 Å². The van der Waals surface area contributed by atoms with Crippen LogP contribution < -0.4 is 5.32 Å². The maximum atomic E-state index is 13.3. The van der Waals surface area contributed by atoms with Crippen LogP contribution in [-0.4, -0.2) is 5.11 Å². The summed E-state index contributed by atoms with van der Waals surface area (Å²) in [6.45, 7) is 2.38. The Balaban J connectivity index is 1.99. The number of aliphatic hydroxyl groups is 1. The zero-order chi connectivity index (χ0) is 14.5. The first-order chi connectivity index (χ1) is 9.60. The lowest BCUT2D eigenvalue weighted by Crippen LogP contribution is -2.18. The maximum absolute atomic E-state index is 13.3. The van der Waals surface area contributed by atoms with Crippen LogP contribution in [0.2, 0.25) is 5.02 Å². The molecule has 0 bridgehead atoms. The molecule has 0 radical (unpaired) electrons. The van der Waals surface area contributed by atoms with Crippen molar-refractivity contribution in [2.24, 2.45) is 0 Å². The predicted octanol–water partition coefficient (Wildman–Crippen LogP) is 3.82. The van der Waals surface area contributed by atoms with Crippen molar-refractivity contribution in [2.45, 2.75) is 26.1 Å². The molecular formula is C16H17ClFNO. The summed E-state index contributed by atoms with van der Waals surface area (Å²) >= 11 is 5.86. The van der Waals surface area contributed by atoms with Crippen molar-refractivity contribution in [1.82, 2.24) is 5.32 Å². The van der Waals surface area contributed by atoms with Crippen LogP contribution in [0.1, 0.15) is 29.7 Å². The fraction of sp³-hybridized carbons (Fsp3) is 0.250. The second-order valence-electron chi connectivity index (χ2n) is 4.74. The predicted molar refractivity (Wildman–Crippen MR) is 79.0 cm³/mol. The Kier molecular flexibility index (Phi) is 5.12. The van der Waals surface area contributed by atoms with Gasteiger partial charge in [0.1, 0.15) is 5.82 Å². The highest BCUT2D eigenvalue weighted by Crippen LogP contribution is 2.17. The summed E-state index contributed by atoms with van der Waals surface area (Å²) in [5.41, 5.74) is 2.40. The Bertz CT molecular complexity index is 571. The van der Waals surface area contributed by atoms with Gasteiger partial charge in [-0.1, -0.05) is 29.8 Å². The maximum Gasteiger partial charge on any atom is 0.128 e. The van der Waals surface area contributed by atoms with Crippen LogP contribution in [0.25, 0.3) is 0 Å². The summed E-state index contributed by atoms with van der Waals surface area (Å²) < 4.78 is 13.3. The minimum absolute atomic E-state index is 0.162. The van der Waals surface area contributed by atoms with Gasteiger partial charge in [0.2, 0.25) is 0 Å². The Morgan fingerprint density at radius 3 is 2.55 bits per heavy atom. The molecule has 0 fully saturated rings. The van der Waals surface area contributed by atoms with E-state index in [9.17, 15) is 4.39 Å². The van der Waals surface area contributed by atoms with Crippen molar-refractivity contribution in [1.29, 1.82) is 0 Å². The van der Waals surface area contributed by atoms with Crippen LogP contribution in [0.3, 0.4) is 0 Å². The van der Waals surface area contributed by atoms with Gasteiger partial charge in [-0.05, 0) is 42.3 Å². The lowest BCUT2D eigenvalue weighted by atomic mass is 10.1. The van der Waals surface area contributed by atoms with Gasteiger partial charge >= 0.3 is 0 Å². The molecule has 0 aliphatic carbocycles. The van der Waals surface area contributed by atoms with Gasteiger partial charge < -0.3 is 10.4 Å². The van der Waals surface area contributed by atoms with Gasteiger partial charge in [-0.25, -0.2) is 4.39 Å². The second kappa shape index (κ2) is 6.84. The smallest absolute Gasteiger partial charge is 0.128 e. The van der Waals surface area contributed by atoms with Crippen molar-refractivity contribution in [3.05, 3.63) is 70.0 Å². The summed E-state index contributed by atoms with van der Waals surface area (Å²) in [7, 11) is 0. The quantitative estimate of drug-likeness (QED) is 0.878. The molecule has 4 heteroatoms. The first-order valence-corrected chi connectivity index (χ1v) is 6.85. The molecule has 0 aromatic heterocycles. The summed E-state index contributed by atoms with van der Waals surface area (Å²) in [5, 5.41) is 13.1. The first-order valence-electron chi connectivity index (χ1n) is 6.47. The highest BCUT2D eigenvalue weighted by molar-refractivity contribution is 6.30. The summed E-state index contributed by atoms with van der Waals surface area (Å²) in [6, 6.07) is 12.6. The summed E-state index contributed by atoms with van der Waals surface area (Å²) in [5.74, 6) is -0.373. The molecule has 0 saturated carbocycles. The van der Waals surface area contributed by atoms with Gasteiger partial charge in [0.25, 0.3) is 0 Å². The van der Waals surface area contributed by atoms with Crippen LogP contribution in [0.15, 0.2) is 42.5 Å². The van der Waals surface area contributed by atoms with E-state index in [0.717, 1.165) is 11.1 Å². The first kappa shape index (κ1) is 15.0. The number of rotatable bonds is 5. The molecule has 2 N–H and O–H groups in total. The van der Waals surface area contributed by atoms with E-state index in [1.54, 1.807) is 12.1 Å². The van der Waals surface area contributed by atoms with E-state index in [0.29, 0.717) is 17.1 Å². The molecule has 1 atom stereocenters. The molecule has 106 valence electrons. The van der Waals surface area contributed by atoms with Crippen LogP contribution in [0.4, 0.5) is 4.39 Å². The molecule has 0 heterocycles. The van der Waals surface area contributed by atoms with E-state index in [4.69, 9.17) is 16.7 Å². The fourth-order valence-corrected chi connectivity index (χ4v) is 2.13. The van der Waals surface area contributed by atoms with Crippen LogP contribution in [0, 0.1) is 5.82 Å². The molecule has 0 amide bonds. The van der Waals surface area contributed by atoms with E-state index in [1.165, 1.54) is 6.07 Å². The van der Waals surface area contributed by atoms with Crippen molar-refractivity contribution in [3.63, 3.8) is 0 Å². The molecule has 20 heavy (non-hydrogen) atoms. The van der Waals surface area contributed by atoms with E-state index in [-0.39, 0.29) is 18.5 Å². The molecule has 0 aliphatic heterocycles. The second-order valence-corrected chi connectivity index (χ2v) is 5.17. The standard InChI is InChI=1S/C16H17ClFNO/c1-11(13-3-5-15(17)6-4-13)19-9-12-2-7-16(18)14(8-12)10-20/h2-8,11,19-20H,9-10H2,1H3. The molecule has 0 saturated heterocycles. The van der Waals surface area contributed by atoms with E-state index < -0.39 is 0 Å². The van der Waals surface area contributed by atoms with Crippen LogP contribution in [-0.2, 0) is 13.2 Å². The minimum Gasteiger partial charge on any atom is -0.392 e. The zero-order valence-corrected chi connectivity index (χ0v) is 12.0. The zero-order valence-electron chi connectivity index (χ0n) is 11.2. The Hall–Kier alpha value is -1.42. The van der Waals surface area contributed by atoms with Gasteiger partial charge in [-0.3, -0.25) is 0 Å². The molecule has 0 spiro atoms. The molecule has 2 aromatic carbocycles. The van der Waals surface area contributed by atoms with Crippen molar-refractivity contribution in [3.8, 4) is 0 Å². The molecule has 2 rings (SSSR count). The molecule has 1 unspecified atom stereocenters. The average molecular weight is 294 g/mol. The Labute approximate surface area is 123 Å². The van der Waals surface area contributed by atoms with Gasteiger partial charge in [0.05, 0.1) is 6.61 Å². The summed E-state index contributed by atoms with van der Waals surface area (Å²) in [6.07, 6.45) is 0. The summed E-state index contributed by atoms with van der Waals surface area (Å²) in [4.78, 5) is 0. The fourth-order valence-electron chi connectivity index (χ4n) is 2.00. The van der Waals surface area contributed by atoms with E-state index in [1.807, 2.05) is 24.3 Å². The lowest BCUT2D eigenvalue weighted by Gasteiger charge is -2.15. The SMILES string of the molecule is CC(NCc1ccc(F)c(CO)c1)c1ccc(Cl)cc1. The Morgan fingerprint density at radius 1 is 1.20 bits per heavy atom. The number of nitrogens with one attached hydrogen (secondary N) is 1. The number of hydrogen-bond donors (Lipinski definition) is 2. The normalized spacial score (nSPS) is 12.4. The van der Waals surface area contributed by atoms with Gasteiger partial charge in [-0.2, -0.15) is 0 Å². The number of hydrogen-bond acceptors (Lipinski definition) is 2. The average Bonchev–Trinajstić information content (AvgIpc) is 2.46. The largest absolute Gasteiger partial charge is 0.392 e. The number of aliphatic hydroxyl groups excluding tert-OH is 1. The number of benzene rings is 2. The molecule has 2 aromatic rings. The van der Waals surface area contributed by atoms with E-state index >= 15 is 0 Å². The third-order valence-corrected chi connectivity index (χ3v) is 3.51. The lowest BCUT2D eigenvalue weighted by molar-refractivity contribution is 0.275. The number of halogens is 2. The molecular weight excluding hydrogens is 277 g/mol. The van der Waals surface area contributed by atoms with Crippen LogP contribution in [0.5, 0.6) is 0 Å². The van der Waals surface area contributed by atoms with Crippen molar-refractivity contribution >= 4 is 11.6 Å². The monoisotopic (exact) mass is 293 g/mol. The molecule has 0 aliphatic rings. The van der Waals surface area contributed by atoms with Crippen molar-refractivity contribution < 1.29 is 9.50 Å². The Morgan fingerprint density at radius 2 is 1.90 bits per heavy atom. The van der Waals surface area contributed by atoms with Crippen LogP contribution >= 0.6 is 11.6 Å². The highest BCUT2D eigenvalue weighted by Gasteiger charge is 2.06. The topological polar surface area (TPSA) is 32.3 Å². The van der Waals surface area contributed by atoms with Crippen molar-refractivity contribution in [2.75, 3.05) is 0 Å². The highest BCUT2D eigenvalue weighted by atomic mass is 35.5. The minimum atomic E-state index is -0.373. The third-order valence-electron chi connectivity index (χ3n) is 3.26. The van der Waals surface area contributed by atoms with Gasteiger partial charge in [0.15, 0.2) is 0 Å². The van der Waals surface area contributed by atoms with E-state index in [2.05, 4.69) is 12.2 Å². The molecule has 2 nitrogen and oxygen atoms in total. The third kappa shape index (κ3) is 3.79.